The summed E-state index contributed by atoms with van der Waals surface area (Å²) in [6.45, 7) is -0.0149. The lowest BCUT2D eigenvalue weighted by Crippen LogP contribution is -2.37. The van der Waals surface area contributed by atoms with Crippen LogP contribution in [0.2, 0.25) is 0 Å². The molecule has 1 saturated carbocycles. The molecule has 19 heavy (non-hydrogen) atoms. The van der Waals surface area contributed by atoms with E-state index >= 15 is 0 Å². The standard InChI is InChI=1S/C13H15BrN2O3/c1-19-9-4-5-11(14)10(6-9)13(18)15-7-12(17)16-8-2-3-8/h4-6,8H,2-3,7H2,1H3,(H,15,18)(H,16,17). The molecule has 1 aromatic rings. The minimum atomic E-state index is -0.309. The molecule has 0 unspecified atom stereocenters. The normalized spacial score (nSPS) is 13.8. The molecule has 2 amide bonds. The number of rotatable bonds is 5. The highest BCUT2D eigenvalue weighted by Crippen LogP contribution is 2.22. The van der Waals surface area contributed by atoms with Crippen molar-refractivity contribution in [2.24, 2.45) is 0 Å². The number of hydrogen-bond acceptors (Lipinski definition) is 3. The number of methoxy groups -OCH3 is 1. The smallest absolute Gasteiger partial charge is 0.252 e. The lowest BCUT2D eigenvalue weighted by molar-refractivity contribution is -0.120. The monoisotopic (exact) mass is 326 g/mol. The molecule has 0 saturated heterocycles. The molecular weight excluding hydrogens is 312 g/mol. The number of amides is 2. The van der Waals surface area contributed by atoms with Crippen LogP contribution in [-0.4, -0.2) is 31.5 Å². The van der Waals surface area contributed by atoms with Crippen molar-refractivity contribution in [3.63, 3.8) is 0 Å². The number of carbonyl (C=O) groups excluding carboxylic acids is 2. The number of hydrogen-bond donors (Lipinski definition) is 2. The van der Waals surface area contributed by atoms with Gasteiger partial charge in [-0.3, -0.25) is 9.59 Å². The van der Waals surface area contributed by atoms with E-state index in [1.165, 1.54) is 7.11 Å². The van der Waals surface area contributed by atoms with E-state index in [1.807, 2.05) is 0 Å². The van der Waals surface area contributed by atoms with Crippen molar-refractivity contribution >= 4 is 27.7 Å². The van der Waals surface area contributed by atoms with Gasteiger partial charge in [-0.15, -0.1) is 0 Å². The predicted octanol–water partition coefficient (Wildman–Crippen LogP) is 1.47. The summed E-state index contributed by atoms with van der Waals surface area (Å²) in [6.07, 6.45) is 2.06. The van der Waals surface area contributed by atoms with Gasteiger partial charge in [0, 0.05) is 10.5 Å². The largest absolute Gasteiger partial charge is 0.497 e. The van der Waals surface area contributed by atoms with Crippen LogP contribution in [-0.2, 0) is 4.79 Å². The Balaban J connectivity index is 1.92. The average molecular weight is 327 g/mol. The van der Waals surface area contributed by atoms with Crippen LogP contribution >= 0.6 is 15.9 Å². The van der Waals surface area contributed by atoms with Crippen LogP contribution in [0.1, 0.15) is 23.2 Å². The van der Waals surface area contributed by atoms with Gasteiger partial charge in [-0.05, 0) is 47.0 Å². The van der Waals surface area contributed by atoms with Crippen molar-refractivity contribution < 1.29 is 14.3 Å². The number of ether oxygens (including phenoxy) is 1. The van der Waals surface area contributed by atoms with Gasteiger partial charge in [-0.25, -0.2) is 0 Å². The summed E-state index contributed by atoms with van der Waals surface area (Å²) in [5, 5.41) is 5.40. The van der Waals surface area contributed by atoms with E-state index in [4.69, 9.17) is 4.74 Å². The molecule has 1 fully saturated rings. The van der Waals surface area contributed by atoms with E-state index in [0.29, 0.717) is 21.8 Å². The van der Waals surface area contributed by atoms with Crippen LogP contribution in [0, 0.1) is 0 Å². The van der Waals surface area contributed by atoms with Crippen molar-refractivity contribution in [2.45, 2.75) is 18.9 Å². The molecule has 0 atom stereocenters. The molecule has 0 heterocycles. The summed E-state index contributed by atoms with van der Waals surface area (Å²) >= 11 is 3.30. The van der Waals surface area contributed by atoms with Crippen LogP contribution in [0.5, 0.6) is 5.75 Å². The van der Waals surface area contributed by atoms with Crippen molar-refractivity contribution in [1.82, 2.24) is 10.6 Å². The first kappa shape index (κ1) is 13.9. The minimum Gasteiger partial charge on any atom is -0.497 e. The SMILES string of the molecule is COc1ccc(Br)c(C(=O)NCC(=O)NC2CC2)c1. The van der Waals surface area contributed by atoms with Crippen molar-refractivity contribution in [3.05, 3.63) is 28.2 Å². The highest BCUT2D eigenvalue weighted by molar-refractivity contribution is 9.10. The number of nitrogens with one attached hydrogen (secondary N) is 2. The Morgan fingerprint density at radius 3 is 2.79 bits per heavy atom. The van der Waals surface area contributed by atoms with Gasteiger partial charge < -0.3 is 15.4 Å². The molecule has 0 spiro atoms. The maximum Gasteiger partial charge on any atom is 0.252 e. The second-order valence-corrected chi connectivity index (χ2v) is 5.22. The summed E-state index contributed by atoms with van der Waals surface area (Å²) in [6, 6.07) is 5.41. The van der Waals surface area contributed by atoms with Gasteiger partial charge >= 0.3 is 0 Å². The molecule has 1 aliphatic rings. The van der Waals surface area contributed by atoms with E-state index in [9.17, 15) is 9.59 Å². The first-order valence-corrected chi connectivity index (χ1v) is 6.80. The fourth-order valence-electron chi connectivity index (χ4n) is 1.57. The van der Waals surface area contributed by atoms with Crippen LogP contribution in [0.15, 0.2) is 22.7 Å². The zero-order valence-corrected chi connectivity index (χ0v) is 12.1. The summed E-state index contributed by atoms with van der Waals surface area (Å²) in [5.41, 5.74) is 0.443. The van der Waals surface area contributed by atoms with E-state index in [2.05, 4.69) is 26.6 Å². The first-order chi connectivity index (χ1) is 9.10. The molecule has 1 aromatic carbocycles. The van der Waals surface area contributed by atoms with Gasteiger partial charge in [0.25, 0.3) is 5.91 Å². The molecule has 0 bridgehead atoms. The molecule has 102 valence electrons. The second kappa shape index (κ2) is 6.06. The van der Waals surface area contributed by atoms with E-state index in [0.717, 1.165) is 12.8 Å². The molecule has 0 aliphatic heterocycles. The van der Waals surface area contributed by atoms with Gasteiger partial charge in [0.15, 0.2) is 0 Å². The number of carbonyl (C=O) groups is 2. The number of halogens is 1. The lowest BCUT2D eigenvalue weighted by Gasteiger charge is -2.08. The van der Waals surface area contributed by atoms with Crippen LogP contribution < -0.4 is 15.4 Å². The predicted molar refractivity (Wildman–Crippen MR) is 74.2 cm³/mol. The minimum absolute atomic E-state index is 0.0149. The molecule has 2 N–H and O–H groups in total. The Kier molecular flexibility index (Phi) is 4.42. The Morgan fingerprint density at radius 2 is 2.16 bits per heavy atom. The third kappa shape index (κ3) is 3.96. The van der Waals surface area contributed by atoms with Crippen LogP contribution in [0.25, 0.3) is 0 Å². The molecule has 0 aromatic heterocycles. The zero-order chi connectivity index (χ0) is 13.8. The molecule has 6 heteroatoms. The lowest BCUT2D eigenvalue weighted by atomic mass is 10.2. The fourth-order valence-corrected chi connectivity index (χ4v) is 1.99. The maximum atomic E-state index is 12.0. The van der Waals surface area contributed by atoms with Crippen molar-refractivity contribution in [2.75, 3.05) is 13.7 Å². The molecule has 2 rings (SSSR count). The Labute approximate surface area is 119 Å². The Hall–Kier alpha value is -1.56. The summed E-state index contributed by atoms with van der Waals surface area (Å²) in [5.74, 6) is 0.127. The van der Waals surface area contributed by atoms with E-state index in [1.54, 1.807) is 18.2 Å². The third-order valence-electron chi connectivity index (χ3n) is 2.77. The summed E-state index contributed by atoms with van der Waals surface area (Å²) in [4.78, 5) is 23.4. The van der Waals surface area contributed by atoms with Gasteiger partial charge in [0.05, 0.1) is 19.2 Å². The highest BCUT2D eigenvalue weighted by atomic mass is 79.9. The molecule has 1 aliphatic carbocycles. The first-order valence-electron chi connectivity index (χ1n) is 6.01. The third-order valence-corrected chi connectivity index (χ3v) is 3.46. The molecule has 5 nitrogen and oxygen atoms in total. The number of benzene rings is 1. The quantitative estimate of drug-likeness (QED) is 0.861. The van der Waals surface area contributed by atoms with Gasteiger partial charge in [-0.1, -0.05) is 0 Å². The summed E-state index contributed by atoms with van der Waals surface area (Å²) < 4.78 is 5.73. The Morgan fingerprint density at radius 1 is 1.42 bits per heavy atom. The van der Waals surface area contributed by atoms with E-state index in [-0.39, 0.29) is 18.4 Å². The van der Waals surface area contributed by atoms with Crippen LogP contribution in [0.3, 0.4) is 0 Å². The zero-order valence-electron chi connectivity index (χ0n) is 10.5. The van der Waals surface area contributed by atoms with E-state index < -0.39 is 0 Å². The Bertz CT molecular complexity index is 501. The average Bonchev–Trinajstić information content (AvgIpc) is 3.20. The fraction of sp³-hybridized carbons (Fsp3) is 0.385. The van der Waals surface area contributed by atoms with Crippen molar-refractivity contribution in [3.8, 4) is 5.75 Å². The summed E-state index contributed by atoms with van der Waals surface area (Å²) in [7, 11) is 1.54. The van der Waals surface area contributed by atoms with Crippen molar-refractivity contribution in [1.29, 1.82) is 0 Å². The van der Waals surface area contributed by atoms with Gasteiger partial charge in [-0.2, -0.15) is 0 Å². The van der Waals surface area contributed by atoms with Gasteiger partial charge in [0.1, 0.15) is 5.75 Å². The highest BCUT2D eigenvalue weighted by Gasteiger charge is 2.23. The second-order valence-electron chi connectivity index (χ2n) is 4.37. The maximum absolute atomic E-state index is 12.0. The van der Waals surface area contributed by atoms with Gasteiger partial charge in [0.2, 0.25) is 5.91 Å². The molecular formula is C13H15BrN2O3. The van der Waals surface area contributed by atoms with Crippen LogP contribution in [0.4, 0.5) is 0 Å². The molecule has 0 radical (unpaired) electrons. The topological polar surface area (TPSA) is 67.4 Å².